The molecule has 2 N–H and O–H groups in total. The van der Waals surface area contributed by atoms with Gasteiger partial charge < -0.3 is 15.5 Å². The number of aryl methyl sites for hydroxylation is 2. The molecular formula is C22H31N5. The summed E-state index contributed by atoms with van der Waals surface area (Å²) in [6.07, 6.45) is 5.42. The summed E-state index contributed by atoms with van der Waals surface area (Å²) in [5, 5.41) is 6.81. The van der Waals surface area contributed by atoms with E-state index in [9.17, 15) is 0 Å². The monoisotopic (exact) mass is 365 g/mol. The van der Waals surface area contributed by atoms with Crippen molar-refractivity contribution in [2.75, 3.05) is 31.6 Å². The molecule has 1 saturated heterocycles. The van der Waals surface area contributed by atoms with E-state index in [4.69, 9.17) is 0 Å². The summed E-state index contributed by atoms with van der Waals surface area (Å²) in [5.74, 6) is 1.92. The Morgan fingerprint density at radius 3 is 2.48 bits per heavy atom. The average Bonchev–Trinajstić information content (AvgIpc) is 3.19. The van der Waals surface area contributed by atoms with Crippen molar-refractivity contribution in [1.82, 2.24) is 15.6 Å². The molecule has 5 heteroatoms. The van der Waals surface area contributed by atoms with Crippen molar-refractivity contribution in [3.8, 4) is 0 Å². The Morgan fingerprint density at radius 2 is 1.78 bits per heavy atom. The summed E-state index contributed by atoms with van der Waals surface area (Å²) in [7, 11) is 1.81. The summed E-state index contributed by atoms with van der Waals surface area (Å²) in [5.41, 5.74) is 5.22. The van der Waals surface area contributed by atoms with E-state index in [-0.39, 0.29) is 0 Å². The predicted molar refractivity (Wildman–Crippen MR) is 114 cm³/mol. The molecule has 0 atom stereocenters. The molecule has 1 aromatic carbocycles. The molecule has 1 aromatic heterocycles. The highest BCUT2D eigenvalue weighted by Crippen LogP contribution is 2.18. The van der Waals surface area contributed by atoms with Gasteiger partial charge in [0.25, 0.3) is 0 Å². The number of aliphatic imine (C=N–C) groups is 1. The van der Waals surface area contributed by atoms with Gasteiger partial charge in [0.15, 0.2) is 5.96 Å². The molecule has 0 aliphatic carbocycles. The minimum Gasteiger partial charge on any atom is -0.357 e. The van der Waals surface area contributed by atoms with Gasteiger partial charge in [-0.05, 0) is 56.4 Å². The van der Waals surface area contributed by atoms with E-state index < -0.39 is 0 Å². The Kier molecular flexibility index (Phi) is 6.69. The van der Waals surface area contributed by atoms with Gasteiger partial charge in [0.2, 0.25) is 0 Å². The largest absolute Gasteiger partial charge is 0.357 e. The number of nitrogens with zero attached hydrogens (tertiary/aromatic N) is 3. The quantitative estimate of drug-likeness (QED) is 0.610. The number of nitrogens with one attached hydrogen (secondary N) is 2. The van der Waals surface area contributed by atoms with Crippen molar-refractivity contribution in [2.45, 2.75) is 39.7 Å². The lowest BCUT2D eigenvalue weighted by atomic mass is 10.1. The van der Waals surface area contributed by atoms with E-state index in [2.05, 4.69) is 69.7 Å². The molecule has 0 radical (unpaired) electrons. The molecular weight excluding hydrogens is 334 g/mol. The molecule has 3 rings (SSSR count). The second kappa shape index (κ2) is 9.40. The standard InChI is InChI=1S/C22H31N5/c1-17-12-18(2)14-19(13-17)6-9-25-22(23-3)26-16-20-7-8-24-21(15-20)27-10-4-5-11-27/h7-8,12-15H,4-6,9-11,16H2,1-3H3,(H2,23,25,26). The summed E-state index contributed by atoms with van der Waals surface area (Å²) >= 11 is 0. The maximum Gasteiger partial charge on any atom is 0.191 e. The molecule has 1 fully saturated rings. The van der Waals surface area contributed by atoms with Crippen LogP contribution in [0.1, 0.15) is 35.1 Å². The van der Waals surface area contributed by atoms with Crippen molar-refractivity contribution in [3.63, 3.8) is 0 Å². The highest BCUT2D eigenvalue weighted by molar-refractivity contribution is 5.79. The van der Waals surface area contributed by atoms with Crippen LogP contribution in [0.25, 0.3) is 0 Å². The van der Waals surface area contributed by atoms with Gasteiger partial charge in [-0.1, -0.05) is 29.3 Å². The molecule has 5 nitrogen and oxygen atoms in total. The molecule has 0 spiro atoms. The Balaban J connectivity index is 1.48. The van der Waals surface area contributed by atoms with Gasteiger partial charge in [0.1, 0.15) is 5.82 Å². The maximum atomic E-state index is 4.52. The fourth-order valence-electron chi connectivity index (χ4n) is 3.63. The van der Waals surface area contributed by atoms with Crippen molar-refractivity contribution < 1.29 is 0 Å². The number of benzene rings is 1. The zero-order valence-corrected chi connectivity index (χ0v) is 16.8. The van der Waals surface area contributed by atoms with Gasteiger partial charge >= 0.3 is 0 Å². The number of anilines is 1. The van der Waals surface area contributed by atoms with Crippen LogP contribution in [-0.4, -0.2) is 37.6 Å². The summed E-state index contributed by atoms with van der Waals surface area (Å²) in [6.45, 7) is 8.13. The van der Waals surface area contributed by atoms with Crippen molar-refractivity contribution in [3.05, 3.63) is 58.8 Å². The molecule has 144 valence electrons. The second-order valence-electron chi connectivity index (χ2n) is 7.31. The van der Waals surface area contributed by atoms with Crippen LogP contribution in [0.15, 0.2) is 41.5 Å². The molecule has 0 saturated carbocycles. The van der Waals surface area contributed by atoms with E-state index in [1.807, 2.05) is 13.2 Å². The van der Waals surface area contributed by atoms with E-state index in [1.165, 1.54) is 35.1 Å². The fraction of sp³-hybridized carbons (Fsp3) is 0.455. The van der Waals surface area contributed by atoms with Crippen LogP contribution in [0.4, 0.5) is 5.82 Å². The Bertz CT molecular complexity index is 758. The first-order valence-electron chi connectivity index (χ1n) is 9.85. The smallest absolute Gasteiger partial charge is 0.191 e. The fourth-order valence-corrected chi connectivity index (χ4v) is 3.63. The maximum absolute atomic E-state index is 4.52. The summed E-state index contributed by atoms with van der Waals surface area (Å²) in [4.78, 5) is 11.2. The Hall–Kier alpha value is -2.56. The van der Waals surface area contributed by atoms with Crippen molar-refractivity contribution in [1.29, 1.82) is 0 Å². The van der Waals surface area contributed by atoms with Crippen LogP contribution >= 0.6 is 0 Å². The molecule has 2 heterocycles. The zero-order valence-electron chi connectivity index (χ0n) is 16.8. The predicted octanol–water partition coefficient (Wildman–Crippen LogP) is 3.21. The molecule has 0 amide bonds. The third kappa shape index (κ3) is 5.71. The molecule has 0 bridgehead atoms. The van der Waals surface area contributed by atoms with Gasteiger partial charge in [0, 0.05) is 39.4 Å². The first-order valence-corrected chi connectivity index (χ1v) is 9.85. The Morgan fingerprint density at radius 1 is 1.04 bits per heavy atom. The first-order chi connectivity index (χ1) is 13.1. The van der Waals surface area contributed by atoms with Crippen molar-refractivity contribution in [2.24, 2.45) is 4.99 Å². The lowest BCUT2D eigenvalue weighted by Crippen LogP contribution is -2.37. The lowest BCUT2D eigenvalue weighted by Gasteiger charge is -2.17. The number of rotatable bonds is 6. The molecule has 0 unspecified atom stereocenters. The SMILES string of the molecule is CN=C(NCCc1cc(C)cc(C)c1)NCc1ccnc(N2CCCC2)c1. The number of guanidine groups is 1. The topological polar surface area (TPSA) is 52.6 Å². The Labute approximate surface area is 162 Å². The normalized spacial score (nSPS) is 14.5. The van der Waals surface area contributed by atoms with Gasteiger partial charge in [-0.25, -0.2) is 4.98 Å². The van der Waals surface area contributed by atoms with E-state index >= 15 is 0 Å². The van der Waals surface area contributed by atoms with Crippen LogP contribution in [0.5, 0.6) is 0 Å². The van der Waals surface area contributed by atoms with Crippen LogP contribution in [0.2, 0.25) is 0 Å². The summed E-state index contributed by atoms with van der Waals surface area (Å²) < 4.78 is 0. The zero-order chi connectivity index (χ0) is 19.1. The first kappa shape index (κ1) is 19.2. The third-order valence-electron chi connectivity index (χ3n) is 4.91. The van der Waals surface area contributed by atoms with Crippen molar-refractivity contribution >= 4 is 11.8 Å². The van der Waals surface area contributed by atoms with Gasteiger partial charge in [0.05, 0.1) is 0 Å². The number of hydrogen-bond acceptors (Lipinski definition) is 3. The summed E-state index contributed by atoms with van der Waals surface area (Å²) in [6, 6.07) is 11.0. The molecule has 1 aliphatic heterocycles. The number of hydrogen-bond donors (Lipinski definition) is 2. The van der Waals surface area contributed by atoms with E-state index in [0.29, 0.717) is 0 Å². The van der Waals surface area contributed by atoms with Crippen LogP contribution in [0, 0.1) is 13.8 Å². The van der Waals surface area contributed by atoms with Crippen LogP contribution in [-0.2, 0) is 13.0 Å². The molecule has 2 aromatic rings. The second-order valence-corrected chi connectivity index (χ2v) is 7.31. The lowest BCUT2D eigenvalue weighted by molar-refractivity contribution is 0.792. The number of pyridine rings is 1. The van der Waals surface area contributed by atoms with Gasteiger partial charge in [-0.2, -0.15) is 0 Å². The van der Waals surface area contributed by atoms with Gasteiger partial charge in [-0.3, -0.25) is 4.99 Å². The van der Waals surface area contributed by atoms with Crippen LogP contribution in [0.3, 0.4) is 0 Å². The molecule has 1 aliphatic rings. The highest BCUT2D eigenvalue weighted by Gasteiger charge is 2.13. The highest BCUT2D eigenvalue weighted by atomic mass is 15.2. The van der Waals surface area contributed by atoms with E-state index in [1.54, 1.807) is 0 Å². The average molecular weight is 366 g/mol. The van der Waals surface area contributed by atoms with Gasteiger partial charge in [-0.15, -0.1) is 0 Å². The van der Waals surface area contributed by atoms with E-state index in [0.717, 1.165) is 44.4 Å². The molecule has 27 heavy (non-hydrogen) atoms. The number of aromatic nitrogens is 1. The minimum absolute atomic E-state index is 0.743. The third-order valence-corrected chi connectivity index (χ3v) is 4.91. The minimum atomic E-state index is 0.743. The van der Waals surface area contributed by atoms with Crippen LogP contribution < -0.4 is 15.5 Å².